The lowest BCUT2D eigenvalue weighted by atomic mass is 10.0. The van der Waals surface area contributed by atoms with Gasteiger partial charge in [-0.05, 0) is 24.1 Å². The molecule has 0 bridgehead atoms. The van der Waals surface area contributed by atoms with E-state index in [0.717, 1.165) is 0 Å². The molecule has 28 heavy (non-hydrogen) atoms. The van der Waals surface area contributed by atoms with Gasteiger partial charge in [0.2, 0.25) is 15.9 Å². The molecule has 0 fully saturated rings. The molecule has 156 valence electrons. The molecular formula is C18H28N4O5S. The van der Waals surface area contributed by atoms with Crippen LogP contribution in [0, 0.1) is 5.92 Å². The number of amides is 3. The highest BCUT2D eigenvalue weighted by Crippen LogP contribution is 2.16. The molecule has 9 nitrogen and oxygen atoms in total. The number of carbonyl (C=O) groups is 3. The second-order valence-electron chi connectivity index (χ2n) is 6.48. The molecule has 0 aliphatic rings. The van der Waals surface area contributed by atoms with Gasteiger partial charge in [-0.3, -0.25) is 25.2 Å². The SMILES string of the molecule is CCN(CC)S(=O)(=O)c1cccc(C(=O)NNC(=O)C(NC(C)=O)C(C)C)c1. The van der Waals surface area contributed by atoms with Gasteiger partial charge >= 0.3 is 0 Å². The minimum Gasteiger partial charge on any atom is -0.344 e. The maximum Gasteiger partial charge on any atom is 0.269 e. The van der Waals surface area contributed by atoms with Crippen molar-refractivity contribution in [3.63, 3.8) is 0 Å². The minimum absolute atomic E-state index is 0.00604. The third kappa shape index (κ3) is 6.03. The largest absolute Gasteiger partial charge is 0.344 e. The minimum atomic E-state index is -3.71. The average Bonchev–Trinajstić information content (AvgIpc) is 2.64. The molecule has 0 aromatic heterocycles. The van der Waals surface area contributed by atoms with Crippen molar-refractivity contribution in [2.24, 2.45) is 5.92 Å². The Labute approximate surface area is 165 Å². The highest BCUT2D eigenvalue weighted by atomic mass is 32.2. The third-order valence-electron chi connectivity index (χ3n) is 4.05. The number of hydrogen-bond acceptors (Lipinski definition) is 5. The van der Waals surface area contributed by atoms with Crippen molar-refractivity contribution < 1.29 is 22.8 Å². The van der Waals surface area contributed by atoms with E-state index >= 15 is 0 Å². The summed E-state index contributed by atoms with van der Waals surface area (Å²) in [4.78, 5) is 35.7. The highest BCUT2D eigenvalue weighted by Gasteiger charge is 2.25. The summed E-state index contributed by atoms with van der Waals surface area (Å²) in [6, 6.07) is 4.75. The summed E-state index contributed by atoms with van der Waals surface area (Å²) < 4.78 is 26.5. The van der Waals surface area contributed by atoms with E-state index in [0.29, 0.717) is 13.1 Å². The number of sulfonamides is 1. The molecular weight excluding hydrogens is 384 g/mol. The van der Waals surface area contributed by atoms with Crippen LogP contribution in [0.4, 0.5) is 0 Å². The predicted molar refractivity (Wildman–Crippen MR) is 105 cm³/mol. The molecule has 0 saturated heterocycles. The Hall–Kier alpha value is -2.46. The molecule has 0 radical (unpaired) electrons. The van der Waals surface area contributed by atoms with Crippen molar-refractivity contribution in [2.75, 3.05) is 13.1 Å². The molecule has 0 aliphatic carbocycles. The van der Waals surface area contributed by atoms with Crippen LogP contribution in [0.15, 0.2) is 29.2 Å². The van der Waals surface area contributed by atoms with Crippen LogP contribution in [-0.2, 0) is 19.6 Å². The summed E-state index contributed by atoms with van der Waals surface area (Å²) in [5, 5.41) is 2.51. The van der Waals surface area contributed by atoms with E-state index < -0.39 is 27.9 Å². The molecule has 1 aromatic carbocycles. The van der Waals surface area contributed by atoms with Gasteiger partial charge in [0.25, 0.3) is 11.8 Å². The van der Waals surface area contributed by atoms with Gasteiger partial charge in [0.05, 0.1) is 4.90 Å². The molecule has 1 unspecified atom stereocenters. The molecule has 3 amide bonds. The lowest BCUT2D eigenvalue weighted by Gasteiger charge is -2.21. The second kappa shape index (κ2) is 10.2. The van der Waals surface area contributed by atoms with Crippen molar-refractivity contribution in [3.8, 4) is 0 Å². The van der Waals surface area contributed by atoms with E-state index in [2.05, 4.69) is 16.2 Å². The Morgan fingerprint density at radius 2 is 1.68 bits per heavy atom. The lowest BCUT2D eigenvalue weighted by molar-refractivity contribution is -0.129. The zero-order chi connectivity index (χ0) is 21.5. The first-order valence-corrected chi connectivity index (χ1v) is 10.5. The van der Waals surface area contributed by atoms with E-state index in [1.54, 1.807) is 27.7 Å². The van der Waals surface area contributed by atoms with Crippen LogP contribution in [0.1, 0.15) is 45.0 Å². The second-order valence-corrected chi connectivity index (χ2v) is 8.42. The Bertz CT molecular complexity index is 819. The molecule has 0 heterocycles. The fourth-order valence-corrected chi connectivity index (χ4v) is 4.04. The van der Waals surface area contributed by atoms with Gasteiger partial charge in [0.15, 0.2) is 0 Å². The molecule has 0 aliphatic heterocycles. The summed E-state index contributed by atoms with van der Waals surface area (Å²) >= 11 is 0. The van der Waals surface area contributed by atoms with Crippen LogP contribution in [0.25, 0.3) is 0 Å². The van der Waals surface area contributed by atoms with Crippen molar-refractivity contribution in [3.05, 3.63) is 29.8 Å². The van der Waals surface area contributed by atoms with E-state index in [1.807, 2.05) is 0 Å². The summed E-state index contributed by atoms with van der Waals surface area (Å²) in [5.41, 5.74) is 4.58. The number of nitrogens with zero attached hydrogens (tertiary/aromatic N) is 1. The van der Waals surface area contributed by atoms with E-state index in [4.69, 9.17) is 0 Å². The predicted octanol–water partition coefficient (Wildman–Crippen LogP) is 0.639. The first-order valence-electron chi connectivity index (χ1n) is 9.02. The third-order valence-corrected chi connectivity index (χ3v) is 6.09. The number of hydrazine groups is 1. The smallest absolute Gasteiger partial charge is 0.269 e. The Morgan fingerprint density at radius 3 is 2.18 bits per heavy atom. The molecule has 1 atom stereocenters. The van der Waals surface area contributed by atoms with Crippen LogP contribution < -0.4 is 16.2 Å². The molecule has 10 heteroatoms. The van der Waals surface area contributed by atoms with Crippen molar-refractivity contribution >= 4 is 27.7 Å². The highest BCUT2D eigenvalue weighted by molar-refractivity contribution is 7.89. The summed E-state index contributed by atoms with van der Waals surface area (Å²) in [5.74, 6) is -1.81. The number of rotatable bonds is 8. The standard InChI is InChI=1S/C18H28N4O5S/c1-6-22(7-2)28(26,27)15-10-8-9-14(11-15)17(24)20-21-18(25)16(12(3)4)19-13(5)23/h8-12,16H,6-7H2,1-5H3,(H,19,23)(H,20,24)(H,21,25). The zero-order valence-electron chi connectivity index (χ0n) is 16.8. The van der Waals surface area contributed by atoms with E-state index in [9.17, 15) is 22.8 Å². The molecule has 3 N–H and O–H groups in total. The van der Waals surface area contributed by atoms with Crippen LogP contribution in [-0.4, -0.2) is 49.6 Å². The molecule has 1 rings (SSSR count). The van der Waals surface area contributed by atoms with Crippen LogP contribution in [0.2, 0.25) is 0 Å². The van der Waals surface area contributed by atoms with E-state index in [-0.39, 0.29) is 22.3 Å². The average molecular weight is 413 g/mol. The lowest BCUT2D eigenvalue weighted by Crippen LogP contribution is -2.54. The van der Waals surface area contributed by atoms with Gasteiger partial charge in [-0.25, -0.2) is 8.42 Å². The number of benzene rings is 1. The van der Waals surface area contributed by atoms with Gasteiger partial charge in [-0.15, -0.1) is 0 Å². The van der Waals surface area contributed by atoms with Gasteiger partial charge in [-0.1, -0.05) is 33.8 Å². The fourth-order valence-electron chi connectivity index (χ4n) is 2.53. The van der Waals surface area contributed by atoms with E-state index in [1.165, 1.54) is 35.5 Å². The monoisotopic (exact) mass is 412 g/mol. The Balaban J connectivity index is 2.91. The van der Waals surface area contributed by atoms with Gasteiger partial charge in [0.1, 0.15) is 6.04 Å². The van der Waals surface area contributed by atoms with Crippen molar-refractivity contribution in [1.82, 2.24) is 20.5 Å². The Kier molecular flexibility index (Phi) is 8.58. The van der Waals surface area contributed by atoms with Gasteiger partial charge in [-0.2, -0.15) is 4.31 Å². The topological polar surface area (TPSA) is 125 Å². The zero-order valence-corrected chi connectivity index (χ0v) is 17.6. The first-order chi connectivity index (χ1) is 13.0. The summed E-state index contributed by atoms with van der Waals surface area (Å²) in [6.45, 7) is 8.88. The fraction of sp³-hybridized carbons (Fsp3) is 0.500. The number of hydrogen-bond donors (Lipinski definition) is 3. The van der Waals surface area contributed by atoms with Gasteiger partial charge < -0.3 is 5.32 Å². The quantitative estimate of drug-likeness (QED) is 0.541. The maximum absolute atomic E-state index is 12.6. The van der Waals surface area contributed by atoms with Gasteiger partial charge in [0, 0.05) is 25.6 Å². The molecule has 0 spiro atoms. The van der Waals surface area contributed by atoms with Crippen LogP contribution in [0.5, 0.6) is 0 Å². The summed E-state index contributed by atoms with van der Waals surface area (Å²) in [6.07, 6.45) is 0. The van der Waals surface area contributed by atoms with Crippen LogP contribution in [0.3, 0.4) is 0 Å². The Morgan fingerprint density at radius 1 is 1.07 bits per heavy atom. The van der Waals surface area contributed by atoms with Crippen molar-refractivity contribution in [2.45, 2.75) is 45.6 Å². The number of nitrogens with one attached hydrogen (secondary N) is 3. The maximum atomic E-state index is 12.6. The molecule has 1 aromatic rings. The number of carbonyl (C=O) groups excluding carboxylic acids is 3. The van der Waals surface area contributed by atoms with Crippen molar-refractivity contribution in [1.29, 1.82) is 0 Å². The normalized spacial score (nSPS) is 12.5. The summed E-state index contributed by atoms with van der Waals surface area (Å²) in [7, 11) is -3.71. The molecule has 0 saturated carbocycles. The first kappa shape index (κ1) is 23.6. The van der Waals surface area contributed by atoms with Crippen LogP contribution >= 0.6 is 0 Å².